The Kier molecular flexibility index (Phi) is 3.05. The Balaban J connectivity index is 1.96. The molecule has 1 saturated carbocycles. The molecule has 1 heterocycles. The average molecular weight is 290 g/mol. The molecule has 1 aromatic rings. The number of urea groups is 1. The lowest BCUT2D eigenvalue weighted by Gasteiger charge is -2.44. The van der Waals surface area contributed by atoms with Gasteiger partial charge in [-0.05, 0) is 43.4 Å². The molecule has 6 heteroatoms. The van der Waals surface area contributed by atoms with E-state index in [2.05, 4.69) is 5.32 Å². The predicted molar refractivity (Wildman–Crippen MR) is 75.5 cm³/mol. The second-order valence-corrected chi connectivity index (χ2v) is 5.91. The maximum Gasteiger partial charge on any atom is 0.335 e. The molecule has 1 aliphatic heterocycles. The first-order chi connectivity index (χ1) is 9.58. The Morgan fingerprint density at radius 1 is 1.15 bits per heavy atom. The number of amides is 4. The molecule has 2 aliphatic rings. The van der Waals surface area contributed by atoms with Crippen LogP contribution in [0.25, 0.3) is 0 Å². The Hall–Kier alpha value is -1.82. The number of hydrogen-bond acceptors (Lipinski definition) is 4. The molecular formula is C14H14N2O3S. The summed E-state index contributed by atoms with van der Waals surface area (Å²) in [5.41, 5.74) is -0.518. The van der Waals surface area contributed by atoms with Gasteiger partial charge in [0.2, 0.25) is 5.91 Å². The number of nitrogens with one attached hydrogen (secondary N) is 1. The van der Waals surface area contributed by atoms with Crippen LogP contribution in [0.3, 0.4) is 0 Å². The van der Waals surface area contributed by atoms with Crippen molar-refractivity contribution >= 4 is 35.3 Å². The van der Waals surface area contributed by atoms with Crippen LogP contribution in [-0.2, 0) is 9.59 Å². The minimum absolute atomic E-state index is 0.394. The van der Waals surface area contributed by atoms with Crippen molar-refractivity contribution in [3.8, 4) is 0 Å². The summed E-state index contributed by atoms with van der Waals surface area (Å²) in [4.78, 5) is 38.6. The molecule has 4 amide bonds. The van der Waals surface area contributed by atoms with Crippen LogP contribution in [0.1, 0.15) is 19.3 Å². The van der Waals surface area contributed by atoms with Crippen molar-refractivity contribution in [2.24, 2.45) is 5.41 Å². The Morgan fingerprint density at radius 3 is 2.30 bits per heavy atom. The number of rotatable bonds is 2. The summed E-state index contributed by atoms with van der Waals surface area (Å²) < 4.78 is 0. The molecule has 2 fully saturated rings. The lowest BCUT2D eigenvalue weighted by Crippen LogP contribution is -2.66. The fourth-order valence-corrected chi connectivity index (χ4v) is 3.02. The van der Waals surface area contributed by atoms with Crippen molar-refractivity contribution in [1.82, 2.24) is 5.32 Å². The van der Waals surface area contributed by atoms with Gasteiger partial charge in [0, 0.05) is 4.90 Å². The van der Waals surface area contributed by atoms with E-state index in [1.165, 1.54) is 0 Å². The van der Waals surface area contributed by atoms with Gasteiger partial charge in [-0.2, -0.15) is 0 Å². The van der Waals surface area contributed by atoms with E-state index >= 15 is 0 Å². The lowest BCUT2D eigenvalue weighted by atomic mass is 9.66. The maximum atomic E-state index is 12.5. The summed E-state index contributed by atoms with van der Waals surface area (Å²) >= 11 is 1.58. The summed E-state index contributed by atoms with van der Waals surface area (Å²) in [5.74, 6) is -0.842. The van der Waals surface area contributed by atoms with Crippen LogP contribution in [0.4, 0.5) is 10.5 Å². The molecule has 0 atom stereocenters. The third-order valence-corrected chi connectivity index (χ3v) is 4.75. The Morgan fingerprint density at radius 2 is 1.80 bits per heavy atom. The predicted octanol–water partition coefficient (Wildman–Crippen LogP) is 2.16. The molecule has 1 spiro atoms. The minimum Gasteiger partial charge on any atom is -0.276 e. The first-order valence-corrected chi connectivity index (χ1v) is 7.65. The second-order valence-electron chi connectivity index (χ2n) is 5.03. The van der Waals surface area contributed by atoms with Crippen LogP contribution < -0.4 is 10.2 Å². The van der Waals surface area contributed by atoms with Crippen LogP contribution in [-0.4, -0.2) is 24.1 Å². The zero-order valence-electron chi connectivity index (χ0n) is 11.0. The molecule has 1 saturated heterocycles. The summed E-state index contributed by atoms with van der Waals surface area (Å²) in [6, 6.07) is 6.50. The Bertz CT molecular complexity index is 593. The minimum atomic E-state index is -1.02. The van der Waals surface area contributed by atoms with Crippen LogP contribution in [0.5, 0.6) is 0 Å². The number of thioether (sulfide) groups is 1. The molecule has 104 valence electrons. The van der Waals surface area contributed by atoms with Gasteiger partial charge in [0.15, 0.2) is 0 Å². The molecule has 5 nitrogen and oxygen atoms in total. The van der Waals surface area contributed by atoms with Gasteiger partial charge in [-0.25, -0.2) is 9.69 Å². The van der Waals surface area contributed by atoms with Crippen LogP contribution in [0, 0.1) is 5.41 Å². The third-order valence-electron chi connectivity index (χ3n) is 4.01. The summed E-state index contributed by atoms with van der Waals surface area (Å²) in [6.07, 6.45) is 3.83. The third kappa shape index (κ3) is 1.75. The number of barbiturate groups is 1. The summed E-state index contributed by atoms with van der Waals surface area (Å²) in [7, 11) is 0. The fraction of sp³-hybridized carbons (Fsp3) is 0.357. The van der Waals surface area contributed by atoms with E-state index in [9.17, 15) is 14.4 Å². The molecule has 0 bridgehead atoms. The number of anilines is 1. The van der Waals surface area contributed by atoms with Crippen molar-refractivity contribution in [1.29, 1.82) is 0 Å². The summed E-state index contributed by atoms with van der Waals surface area (Å²) in [6.45, 7) is 0. The van der Waals surface area contributed by atoms with Crippen LogP contribution >= 0.6 is 11.8 Å². The average Bonchev–Trinajstić information content (AvgIpc) is 2.37. The highest BCUT2D eigenvalue weighted by Crippen LogP contribution is 2.45. The monoisotopic (exact) mass is 290 g/mol. The van der Waals surface area contributed by atoms with Crippen molar-refractivity contribution in [3.63, 3.8) is 0 Å². The smallest absolute Gasteiger partial charge is 0.276 e. The standard InChI is InChI=1S/C14H14N2O3S/c1-20-10-5-3-9(4-6-10)16-12(18)14(7-2-8-14)11(17)15-13(16)19/h3-6H,2,7-8H2,1H3,(H,15,17,19). The highest BCUT2D eigenvalue weighted by molar-refractivity contribution is 7.98. The van der Waals surface area contributed by atoms with Gasteiger partial charge in [0.25, 0.3) is 5.91 Å². The molecule has 3 rings (SSSR count). The molecule has 0 radical (unpaired) electrons. The van der Waals surface area contributed by atoms with Crippen LogP contribution in [0.15, 0.2) is 29.2 Å². The van der Waals surface area contributed by atoms with Crippen LogP contribution in [0.2, 0.25) is 0 Å². The zero-order chi connectivity index (χ0) is 14.3. The molecular weight excluding hydrogens is 276 g/mol. The van der Waals surface area contributed by atoms with Gasteiger partial charge in [-0.1, -0.05) is 6.42 Å². The van der Waals surface area contributed by atoms with Crippen molar-refractivity contribution in [3.05, 3.63) is 24.3 Å². The van der Waals surface area contributed by atoms with E-state index < -0.39 is 23.3 Å². The molecule has 1 aromatic carbocycles. The van der Waals surface area contributed by atoms with Gasteiger partial charge in [0.05, 0.1) is 5.69 Å². The molecule has 1 aliphatic carbocycles. The largest absolute Gasteiger partial charge is 0.335 e. The van der Waals surface area contributed by atoms with E-state index in [1.54, 1.807) is 23.9 Å². The number of benzene rings is 1. The first-order valence-electron chi connectivity index (χ1n) is 6.42. The number of carbonyl (C=O) groups is 3. The summed E-state index contributed by atoms with van der Waals surface area (Å²) in [5, 5.41) is 2.30. The Labute approximate surface area is 120 Å². The quantitative estimate of drug-likeness (QED) is 0.669. The number of nitrogens with zero attached hydrogens (tertiary/aromatic N) is 1. The SMILES string of the molecule is CSc1ccc(N2C(=O)NC(=O)C3(CCC3)C2=O)cc1. The van der Waals surface area contributed by atoms with E-state index in [1.807, 2.05) is 18.4 Å². The first kappa shape index (κ1) is 13.2. The molecule has 0 unspecified atom stereocenters. The van der Waals surface area contributed by atoms with E-state index in [0.29, 0.717) is 18.5 Å². The normalized spacial score (nSPS) is 20.9. The van der Waals surface area contributed by atoms with E-state index in [4.69, 9.17) is 0 Å². The molecule has 0 aromatic heterocycles. The lowest BCUT2D eigenvalue weighted by molar-refractivity contribution is -0.148. The van der Waals surface area contributed by atoms with Crippen molar-refractivity contribution < 1.29 is 14.4 Å². The van der Waals surface area contributed by atoms with Gasteiger partial charge < -0.3 is 0 Å². The number of hydrogen-bond donors (Lipinski definition) is 1. The highest BCUT2D eigenvalue weighted by Gasteiger charge is 2.57. The van der Waals surface area contributed by atoms with E-state index in [0.717, 1.165) is 16.2 Å². The zero-order valence-corrected chi connectivity index (χ0v) is 11.8. The number of imide groups is 2. The topological polar surface area (TPSA) is 66.5 Å². The fourth-order valence-electron chi connectivity index (χ4n) is 2.61. The van der Waals surface area contributed by atoms with Gasteiger partial charge >= 0.3 is 6.03 Å². The maximum absolute atomic E-state index is 12.5. The highest BCUT2D eigenvalue weighted by atomic mass is 32.2. The van der Waals surface area contributed by atoms with Crippen molar-refractivity contribution in [2.75, 3.05) is 11.2 Å². The van der Waals surface area contributed by atoms with Gasteiger partial charge in [-0.15, -0.1) is 11.8 Å². The van der Waals surface area contributed by atoms with Crippen molar-refractivity contribution in [2.45, 2.75) is 24.2 Å². The van der Waals surface area contributed by atoms with E-state index in [-0.39, 0.29) is 0 Å². The number of carbonyl (C=O) groups excluding carboxylic acids is 3. The molecule has 1 N–H and O–H groups in total. The van der Waals surface area contributed by atoms with Gasteiger partial charge in [0.1, 0.15) is 5.41 Å². The molecule has 20 heavy (non-hydrogen) atoms. The second kappa shape index (κ2) is 4.63. The van der Waals surface area contributed by atoms with Gasteiger partial charge in [-0.3, -0.25) is 14.9 Å².